The summed E-state index contributed by atoms with van der Waals surface area (Å²) in [6.45, 7) is 3.36. The quantitative estimate of drug-likeness (QED) is 0.456. The zero-order valence-electron chi connectivity index (χ0n) is 6.93. The molecule has 0 aromatic carbocycles. The summed E-state index contributed by atoms with van der Waals surface area (Å²) in [6, 6.07) is 0. The fourth-order valence-electron chi connectivity index (χ4n) is 0.814. The lowest BCUT2D eigenvalue weighted by molar-refractivity contribution is -0.139. The molecule has 5 heteroatoms. The first kappa shape index (κ1) is 9.44. The van der Waals surface area contributed by atoms with E-state index in [4.69, 9.17) is 4.74 Å². The normalized spacial score (nSPS) is 19.7. The standard InChI is InChI=1S/C8H9NO4/c1-2-7(10)12-4-3-6-8(11)9-5-13-6/h2,5-6H,1,3-4H2. The molecule has 1 aliphatic heterocycles. The molecule has 0 fully saturated rings. The van der Waals surface area contributed by atoms with Crippen LogP contribution in [0.5, 0.6) is 0 Å². The first-order valence-electron chi connectivity index (χ1n) is 3.75. The van der Waals surface area contributed by atoms with Crippen molar-refractivity contribution in [1.82, 2.24) is 0 Å². The Bertz CT molecular complexity index is 259. The van der Waals surface area contributed by atoms with E-state index >= 15 is 0 Å². The van der Waals surface area contributed by atoms with Gasteiger partial charge in [0.15, 0.2) is 12.5 Å². The van der Waals surface area contributed by atoms with E-state index in [1.807, 2.05) is 0 Å². The van der Waals surface area contributed by atoms with Crippen LogP contribution in [0.1, 0.15) is 6.42 Å². The monoisotopic (exact) mass is 183 g/mol. The van der Waals surface area contributed by atoms with E-state index < -0.39 is 12.1 Å². The Morgan fingerprint density at radius 3 is 3.15 bits per heavy atom. The summed E-state index contributed by atoms with van der Waals surface area (Å²) in [7, 11) is 0. The second-order valence-electron chi connectivity index (χ2n) is 2.36. The van der Waals surface area contributed by atoms with Crippen molar-refractivity contribution in [1.29, 1.82) is 0 Å². The topological polar surface area (TPSA) is 65.0 Å². The van der Waals surface area contributed by atoms with Crippen molar-refractivity contribution in [3.8, 4) is 0 Å². The van der Waals surface area contributed by atoms with Crippen molar-refractivity contribution in [2.45, 2.75) is 12.5 Å². The summed E-state index contributed by atoms with van der Waals surface area (Å²) in [6.07, 6.45) is 1.88. The maximum absolute atomic E-state index is 10.8. The molecule has 5 nitrogen and oxygen atoms in total. The molecule has 1 heterocycles. The van der Waals surface area contributed by atoms with Crippen LogP contribution in [0.15, 0.2) is 17.6 Å². The number of ether oxygens (including phenoxy) is 2. The number of nitrogens with zero attached hydrogens (tertiary/aromatic N) is 1. The number of hydrogen-bond acceptors (Lipinski definition) is 4. The van der Waals surface area contributed by atoms with Crippen LogP contribution >= 0.6 is 0 Å². The van der Waals surface area contributed by atoms with Crippen LogP contribution in [-0.2, 0) is 19.1 Å². The molecular formula is C8H9NO4. The Hall–Kier alpha value is -1.65. The molecule has 0 bridgehead atoms. The lowest BCUT2D eigenvalue weighted by Gasteiger charge is -2.06. The smallest absolute Gasteiger partial charge is 0.330 e. The van der Waals surface area contributed by atoms with Gasteiger partial charge in [-0.05, 0) is 0 Å². The predicted molar refractivity (Wildman–Crippen MR) is 44.1 cm³/mol. The fraction of sp³-hybridized carbons (Fsp3) is 0.375. The van der Waals surface area contributed by atoms with Crippen LogP contribution in [0, 0.1) is 0 Å². The molecule has 1 rings (SSSR count). The molecule has 0 spiro atoms. The van der Waals surface area contributed by atoms with Crippen LogP contribution in [0.4, 0.5) is 0 Å². The molecule has 1 amide bonds. The summed E-state index contributed by atoms with van der Waals surface area (Å²) in [5.41, 5.74) is 0. The summed E-state index contributed by atoms with van der Waals surface area (Å²) in [5.74, 6) is -0.846. The van der Waals surface area contributed by atoms with Crippen molar-refractivity contribution >= 4 is 18.3 Å². The third-order valence-electron chi connectivity index (χ3n) is 1.47. The van der Waals surface area contributed by atoms with Gasteiger partial charge in [-0.25, -0.2) is 4.79 Å². The lowest BCUT2D eigenvalue weighted by atomic mass is 10.2. The summed E-state index contributed by atoms with van der Waals surface area (Å²) < 4.78 is 9.48. The molecule has 1 atom stereocenters. The summed E-state index contributed by atoms with van der Waals surface area (Å²) in [5, 5.41) is 0. The molecule has 0 aromatic heterocycles. The lowest BCUT2D eigenvalue weighted by Crippen LogP contribution is -2.19. The first-order valence-corrected chi connectivity index (χ1v) is 3.75. The minimum atomic E-state index is -0.599. The highest BCUT2D eigenvalue weighted by Gasteiger charge is 2.22. The van der Waals surface area contributed by atoms with Gasteiger partial charge >= 0.3 is 5.97 Å². The zero-order chi connectivity index (χ0) is 9.68. The molecule has 0 aromatic rings. The van der Waals surface area contributed by atoms with E-state index in [1.54, 1.807) is 0 Å². The van der Waals surface area contributed by atoms with Gasteiger partial charge in [0.1, 0.15) is 0 Å². The molecule has 0 saturated heterocycles. The van der Waals surface area contributed by atoms with E-state index in [1.165, 1.54) is 0 Å². The van der Waals surface area contributed by atoms with E-state index in [2.05, 4.69) is 16.3 Å². The Balaban J connectivity index is 2.16. The van der Waals surface area contributed by atoms with Crippen molar-refractivity contribution in [2.24, 2.45) is 4.99 Å². The van der Waals surface area contributed by atoms with E-state index in [-0.39, 0.29) is 12.5 Å². The van der Waals surface area contributed by atoms with E-state index in [0.717, 1.165) is 12.5 Å². The molecule has 0 aliphatic carbocycles. The SMILES string of the molecule is C=CC(=O)OCCC1OC=NC1=O. The molecule has 0 radical (unpaired) electrons. The molecule has 70 valence electrons. The van der Waals surface area contributed by atoms with Crippen LogP contribution in [-0.4, -0.2) is 31.0 Å². The predicted octanol–water partition coefficient (Wildman–Crippen LogP) is 0.0594. The zero-order valence-corrected chi connectivity index (χ0v) is 6.93. The van der Waals surface area contributed by atoms with Gasteiger partial charge in [0, 0.05) is 12.5 Å². The van der Waals surface area contributed by atoms with Crippen molar-refractivity contribution in [3.05, 3.63) is 12.7 Å². The van der Waals surface area contributed by atoms with Gasteiger partial charge in [0.05, 0.1) is 6.61 Å². The second-order valence-corrected chi connectivity index (χ2v) is 2.36. The largest absolute Gasteiger partial charge is 0.470 e. The molecule has 0 N–H and O–H groups in total. The van der Waals surface area contributed by atoms with Crippen molar-refractivity contribution in [3.63, 3.8) is 0 Å². The second kappa shape index (κ2) is 4.39. The van der Waals surface area contributed by atoms with Gasteiger partial charge in [-0.1, -0.05) is 6.58 Å². The Morgan fingerprint density at radius 1 is 1.85 bits per heavy atom. The van der Waals surface area contributed by atoms with Crippen LogP contribution in [0.3, 0.4) is 0 Å². The number of aliphatic imine (C=N–C) groups is 1. The average Bonchev–Trinajstić information content (AvgIpc) is 2.52. The number of amides is 1. The van der Waals surface area contributed by atoms with Gasteiger partial charge in [-0.2, -0.15) is 4.99 Å². The number of carbonyl (C=O) groups is 2. The number of carbonyl (C=O) groups excluding carboxylic acids is 2. The first-order chi connectivity index (χ1) is 6.24. The third kappa shape index (κ3) is 2.70. The van der Waals surface area contributed by atoms with Gasteiger partial charge in [0.2, 0.25) is 0 Å². The number of hydrogen-bond donors (Lipinski definition) is 0. The third-order valence-corrected chi connectivity index (χ3v) is 1.47. The van der Waals surface area contributed by atoms with Gasteiger partial charge < -0.3 is 9.47 Å². The Kier molecular flexibility index (Phi) is 3.19. The Morgan fingerprint density at radius 2 is 2.62 bits per heavy atom. The summed E-state index contributed by atoms with van der Waals surface area (Å²) in [4.78, 5) is 24.8. The minimum Gasteiger partial charge on any atom is -0.470 e. The highest BCUT2D eigenvalue weighted by Crippen LogP contribution is 2.05. The molecule has 1 aliphatic rings. The molecule has 13 heavy (non-hydrogen) atoms. The fourth-order valence-corrected chi connectivity index (χ4v) is 0.814. The maximum atomic E-state index is 10.8. The van der Waals surface area contributed by atoms with Crippen LogP contribution in [0.25, 0.3) is 0 Å². The van der Waals surface area contributed by atoms with Crippen LogP contribution < -0.4 is 0 Å². The number of esters is 1. The van der Waals surface area contributed by atoms with Crippen molar-refractivity contribution in [2.75, 3.05) is 6.61 Å². The van der Waals surface area contributed by atoms with E-state index in [0.29, 0.717) is 6.42 Å². The van der Waals surface area contributed by atoms with Gasteiger partial charge in [0.25, 0.3) is 5.91 Å². The molecule has 0 saturated carbocycles. The Labute approximate surface area is 75.0 Å². The average molecular weight is 183 g/mol. The van der Waals surface area contributed by atoms with Gasteiger partial charge in [-0.15, -0.1) is 0 Å². The van der Waals surface area contributed by atoms with Gasteiger partial charge in [-0.3, -0.25) is 4.79 Å². The van der Waals surface area contributed by atoms with E-state index in [9.17, 15) is 9.59 Å². The number of rotatable bonds is 4. The molecular weight excluding hydrogens is 174 g/mol. The highest BCUT2D eigenvalue weighted by atomic mass is 16.5. The minimum absolute atomic E-state index is 0.130. The van der Waals surface area contributed by atoms with Crippen LogP contribution in [0.2, 0.25) is 0 Å². The maximum Gasteiger partial charge on any atom is 0.330 e. The highest BCUT2D eigenvalue weighted by molar-refractivity contribution is 5.91. The molecule has 1 unspecified atom stereocenters. The van der Waals surface area contributed by atoms with Crippen molar-refractivity contribution < 1.29 is 19.1 Å². The summed E-state index contributed by atoms with van der Waals surface area (Å²) >= 11 is 0.